The zero-order chi connectivity index (χ0) is 22.5. The fourth-order valence-corrected chi connectivity index (χ4v) is 4.58. The van der Waals surface area contributed by atoms with Crippen LogP contribution in [0.2, 0.25) is 5.02 Å². The average molecular weight is 470 g/mol. The summed E-state index contributed by atoms with van der Waals surface area (Å²) in [7, 11) is 0. The van der Waals surface area contributed by atoms with Gasteiger partial charge in [-0.3, -0.25) is 14.2 Å². The van der Waals surface area contributed by atoms with Gasteiger partial charge in [-0.1, -0.05) is 42.4 Å². The molecule has 1 saturated heterocycles. The number of carbonyl (C=O) groups is 2. The third-order valence-electron chi connectivity index (χ3n) is 5.24. The molecule has 1 amide bonds. The minimum Gasteiger partial charge on any atom is -0.341 e. The second kappa shape index (κ2) is 10.2. The SMILES string of the molecule is CCC(=O)Nc1ccc(C(=O)CSc2nnc(N3CCCC3)n2-c2ccccc2Cl)cc1. The Labute approximate surface area is 196 Å². The zero-order valence-corrected chi connectivity index (χ0v) is 19.3. The van der Waals surface area contributed by atoms with E-state index in [-0.39, 0.29) is 17.4 Å². The van der Waals surface area contributed by atoms with Crippen LogP contribution in [0.3, 0.4) is 0 Å². The first kappa shape index (κ1) is 22.4. The van der Waals surface area contributed by atoms with Gasteiger partial charge in [0.25, 0.3) is 0 Å². The molecule has 2 aromatic carbocycles. The largest absolute Gasteiger partial charge is 0.341 e. The van der Waals surface area contributed by atoms with Crippen LogP contribution in [0.4, 0.5) is 11.6 Å². The van der Waals surface area contributed by atoms with Crippen LogP contribution in [-0.2, 0) is 4.79 Å². The lowest BCUT2D eigenvalue weighted by molar-refractivity contribution is -0.115. The van der Waals surface area contributed by atoms with Crippen LogP contribution < -0.4 is 10.2 Å². The molecule has 0 bridgehead atoms. The molecule has 1 N–H and O–H groups in total. The normalized spacial score (nSPS) is 13.4. The molecule has 166 valence electrons. The third kappa shape index (κ3) is 4.97. The minimum absolute atomic E-state index is 0.0280. The number of nitrogens with one attached hydrogen (secondary N) is 1. The van der Waals surface area contributed by atoms with Crippen LogP contribution in [0.15, 0.2) is 53.7 Å². The third-order valence-corrected chi connectivity index (χ3v) is 6.49. The minimum atomic E-state index is -0.0626. The van der Waals surface area contributed by atoms with Crippen LogP contribution in [0, 0.1) is 0 Å². The highest BCUT2D eigenvalue weighted by molar-refractivity contribution is 7.99. The summed E-state index contributed by atoms with van der Waals surface area (Å²) in [4.78, 5) is 26.5. The zero-order valence-electron chi connectivity index (χ0n) is 17.8. The van der Waals surface area contributed by atoms with Gasteiger partial charge in [-0.05, 0) is 49.2 Å². The topological polar surface area (TPSA) is 80.1 Å². The number of aromatic nitrogens is 3. The van der Waals surface area contributed by atoms with Gasteiger partial charge in [-0.25, -0.2) is 0 Å². The summed E-state index contributed by atoms with van der Waals surface area (Å²) in [5, 5.41) is 12.8. The lowest BCUT2D eigenvalue weighted by atomic mass is 10.1. The Morgan fingerprint density at radius 3 is 2.47 bits per heavy atom. The maximum absolute atomic E-state index is 12.8. The van der Waals surface area contributed by atoms with E-state index >= 15 is 0 Å². The number of Topliss-reactive ketones (excluding diaryl/α,β-unsaturated/α-hetero) is 1. The predicted octanol–water partition coefficient (Wildman–Crippen LogP) is 4.84. The van der Waals surface area contributed by atoms with Crippen molar-refractivity contribution >= 4 is 46.7 Å². The number of anilines is 2. The molecule has 0 spiro atoms. The van der Waals surface area contributed by atoms with Gasteiger partial charge in [0.05, 0.1) is 16.5 Å². The van der Waals surface area contributed by atoms with E-state index < -0.39 is 0 Å². The van der Waals surface area contributed by atoms with Gasteiger partial charge in [0, 0.05) is 30.8 Å². The second-order valence-electron chi connectivity index (χ2n) is 7.45. The highest BCUT2D eigenvalue weighted by atomic mass is 35.5. The first-order chi connectivity index (χ1) is 15.6. The quantitative estimate of drug-likeness (QED) is 0.375. The molecule has 0 unspecified atom stereocenters. The highest BCUT2D eigenvalue weighted by Gasteiger charge is 2.24. The number of para-hydroxylation sites is 1. The smallest absolute Gasteiger partial charge is 0.232 e. The van der Waals surface area contributed by atoms with E-state index in [2.05, 4.69) is 20.4 Å². The Kier molecular flexibility index (Phi) is 7.12. The number of carbonyl (C=O) groups excluding carboxylic acids is 2. The van der Waals surface area contributed by atoms with E-state index in [1.165, 1.54) is 11.8 Å². The summed E-state index contributed by atoms with van der Waals surface area (Å²) in [6.45, 7) is 3.64. The lowest BCUT2D eigenvalue weighted by Gasteiger charge is -2.19. The molecular formula is C23H24ClN5O2S. The molecule has 32 heavy (non-hydrogen) atoms. The summed E-state index contributed by atoms with van der Waals surface area (Å²) in [5.41, 5.74) is 2.05. The van der Waals surface area contributed by atoms with Crippen molar-refractivity contribution in [2.75, 3.05) is 29.1 Å². The summed E-state index contributed by atoms with van der Waals surface area (Å²) < 4.78 is 1.94. The number of ketones is 1. The molecule has 4 rings (SSSR count). The molecule has 1 aromatic heterocycles. The van der Waals surface area contributed by atoms with Crippen molar-refractivity contribution in [1.82, 2.24) is 14.8 Å². The fourth-order valence-electron chi connectivity index (χ4n) is 3.52. The van der Waals surface area contributed by atoms with Crippen LogP contribution in [-0.4, -0.2) is 45.3 Å². The van der Waals surface area contributed by atoms with Crippen LogP contribution >= 0.6 is 23.4 Å². The molecule has 2 heterocycles. The fraction of sp³-hybridized carbons (Fsp3) is 0.304. The summed E-state index contributed by atoms with van der Waals surface area (Å²) in [5.74, 6) is 0.872. The number of nitrogens with zero attached hydrogens (tertiary/aromatic N) is 4. The standard InChI is InChI=1S/C23H24ClN5O2S/c1-2-21(31)25-17-11-9-16(10-12-17)20(30)15-32-23-27-26-22(28-13-5-6-14-28)29(23)19-8-4-3-7-18(19)24/h3-4,7-12H,2,5-6,13-15H2,1H3,(H,25,31). The predicted molar refractivity (Wildman–Crippen MR) is 128 cm³/mol. The molecule has 1 aliphatic heterocycles. The Morgan fingerprint density at radius 2 is 1.78 bits per heavy atom. The van der Waals surface area contributed by atoms with E-state index in [1.54, 1.807) is 31.2 Å². The number of thioether (sulfide) groups is 1. The second-order valence-corrected chi connectivity index (χ2v) is 8.80. The molecule has 0 atom stereocenters. The molecule has 0 aliphatic carbocycles. The van der Waals surface area contributed by atoms with Gasteiger partial charge in [0.1, 0.15) is 0 Å². The Hall–Kier alpha value is -2.84. The molecule has 0 saturated carbocycles. The van der Waals surface area contributed by atoms with Crippen molar-refractivity contribution in [2.45, 2.75) is 31.3 Å². The first-order valence-corrected chi connectivity index (χ1v) is 11.9. The van der Waals surface area contributed by atoms with Crippen LogP contribution in [0.1, 0.15) is 36.5 Å². The number of benzene rings is 2. The van der Waals surface area contributed by atoms with E-state index in [9.17, 15) is 9.59 Å². The Morgan fingerprint density at radius 1 is 1.06 bits per heavy atom. The molecule has 7 nitrogen and oxygen atoms in total. The summed E-state index contributed by atoms with van der Waals surface area (Å²) in [6.07, 6.45) is 2.64. The lowest BCUT2D eigenvalue weighted by Crippen LogP contribution is -2.22. The van der Waals surface area contributed by atoms with Gasteiger partial charge < -0.3 is 10.2 Å². The first-order valence-electron chi connectivity index (χ1n) is 10.6. The number of halogens is 1. The van der Waals surface area contributed by atoms with Gasteiger partial charge in [-0.15, -0.1) is 10.2 Å². The number of hydrogen-bond donors (Lipinski definition) is 1. The van der Waals surface area contributed by atoms with Gasteiger partial charge >= 0.3 is 0 Å². The van der Waals surface area contributed by atoms with Crippen molar-refractivity contribution in [2.24, 2.45) is 0 Å². The highest BCUT2D eigenvalue weighted by Crippen LogP contribution is 2.32. The van der Waals surface area contributed by atoms with Gasteiger partial charge in [0.2, 0.25) is 11.9 Å². The van der Waals surface area contributed by atoms with Crippen molar-refractivity contribution in [3.05, 3.63) is 59.1 Å². The molecule has 0 radical (unpaired) electrons. The van der Waals surface area contributed by atoms with E-state index in [0.717, 1.165) is 37.6 Å². The Balaban J connectivity index is 1.52. The van der Waals surface area contributed by atoms with Crippen molar-refractivity contribution in [3.63, 3.8) is 0 Å². The molecule has 9 heteroatoms. The van der Waals surface area contributed by atoms with E-state index in [0.29, 0.717) is 27.9 Å². The maximum Gasteiger partial charge on any atom is 0.232 e. The molecule has 3 aromatic rings. The monoisotopic (exact) mass is 469 g/mol. The molecular weight excluding hydrogens is 446 g/mol. The number of hydrogen-bond acceptors (Lipinski definition) is 6. The maximum atomic E-state index is 12.8. The van der Waals surface area contributed by atoms with Crippen LogP contribution in [0.25, 0.3) is 5.69 Å². The number of rotatable bonds is 8. The molecule has 1 fully saturated rings. The summed E-state index contributed by atoms with van der Waals surface area (Å²) >= 11 is 7.82. The van der Waals surface area contributed by atoms with E-state index in [1.807, 2.05) is 28.8 Å². The summed E-state index contributed by atoms with van der Waals surface area (Å²) in [6, 6.07) is 14.5. The van der Waals surface area contributed by atoms with Gasteiger partial charge in [-0.2, -0.15) is 0 Å². The number of amides is 1. The Bertz CT molecular complexity index is 1110. The van der Waals surface area contributed by atoms with Crippen LogP contribution in [0.5, 0.6) is 0 Å². The van der Waals surface area contributed by atoms with Crippen molar-refractivity contribution in [3.8, 4) is 5.69 Å². The van der Waals surface area contributed by atoms with Crippen molar-refractivity contribution < 1.29 is 9.59 Å². The molecule has 1 aliphatic rings. The average Bonchev–Trinajstić information content (AvgIpc) is 3.48. The van der Waals surface area contributed by atoms with Crippen molar-refractivity contribution in [1.29, 1.82) is 0 Å². The van der Waals surface area contributed by atoms with E-state index in [4.69, 9.17) is 11.6 Å². The van der Waals surface area contributed by atoms with Gasteiger partial charge in [0.15, 0.2) is 10.9 Å².